The van der Waals surface area contributed by atoms with E-state index < -0.39 is 0 Å². The molecule has 3 unspecified atom stereocenters. The van der Waals surface area contributed by atoms with Crippen molar-refractivity contribution >= 4 is 0 Å². The van der Waals surface area contributed by atoms with E-state index in [0.717, 1.165) is 19.7 Å². The Balaban J connectivity index is 1.92. The molecule has 3 heteroatoms. The van der Waals surface area contributed by atoms with E-state index in [0.29, 0.717) is 23.6 Å². The maximum Gasteiger partial charge on any atom is 0.0730 e. The highest BCUT2D eigenvalue weighted by molar-refractivity contribution is 4.92. The van der Waals surface area contributed by atoms with Crippen LogP contribution in [0, 0.1) is 5.41 Å². The number of fused-ring (bicyclic) bond motifs is 1. The SMILES string of the molecule is CCC(C)(CNC(C)C)CN1CCOC2CCCC21. The predicted molar refractivity (Wildman–Crippen MR) is 80.5 cm³/mol. The minimum absolute atomic E-state index is 0.384. The molecule has 0 aromatic carbocycles. The molecule has 0 aromatic rings. The highest BCUT2D eigenvalue weighted by atomic mass is 16.5. The summed E-state index contributed by atoms with van der Waals surface area (Å²) in [5.74, 6) is 0. The Morgan fingerprint density at radius 2 is 2.16 bits per heavy atom. The fraction of sp³-hybridized carbons (Fsp3) is 1.00. The van der Waals surface area contributed by atoms with E-state index in [1.165, 1.54) is 32.2 Å². The summed E-state index contributed by atoms with van der Waals surface area (Å²) in [5, 5.41) is 3.63. The van der Waals surface area contributed by atoms with Gasteiger partial charge in [0, 0.05) is 31.7 Å². The Bertz CT molecular complexity index is 282. The number of rotatable bonds is 6. The number of hydrogen-bond acceptors (Lipinski definition) is 3. The van der Waals surface area contributed by atoms with Crippen LogP contribution in [0.15, 0.2) is 0 Å². The largest absolute Gasteiger partial charge is 0.375 e. The lowest BCUT2D eigenvalue weighted by Gasteiger charge is -2.43. The summed E-state index contributed by atoms with van der Waals surface area (Å²) in [5.41, 5.74) is 0.384. The van der Waals surface area contributed by atoms with Gasteiger partial charge in [0.25, 0.3) is 0 Å². The van der Waals surface area contributed by atoms with E-state index in [9.17, 15) is 0 Å². The van der Waals surface area contributed by atoms with Gasteiger partial charge in [-0.25, -0.2) is 0 Å². The Morgan fingerprint density at radius 3 is 2.84 bits per heavy atom. The highest BCUT2D eigenvalue weighted by Gasteiger charge is 2.38. The van der Waals surface area contributed by atoms with Crippen LogP contribution < -0.4 is 5.32 Å². The molecule has 0 radical (unpaired) electrons. The minimum atomic E-state index is 0.384. The maximum atomic E-state index is 5.92. The van der Waals surface area contributed by atoms with Crippen molar-refractivity contribution in [1.29, 1.82) is 0 Å². The van der Waals surface area contributed by atoms with Crippen LogP contribution in [0.4, 0.5) is 0 Å². The molecular formula is C16H32N2O. The lowest BCUT2D eigenvalue weighted by atomic mass is 9.85. The monoisotopic (exact) mass is 268 g/mol. The summed E-state index contributed by atoms with van der Waals surface area (Å²) >= 11 is 0. The standard InChI is InChI=1S/C16H32N2O/c1-5-16(4,11-17-13(2)3)12-18-9-10-19-15-8-6-7-14(15)18/h13-15,17H,5-12H2,1-4H3. The summed E-state index contributed by atoms with van der Waals surface area (Å²) < 4.78 is 5.92. The van der Waals surface area contributed by atoms with Crippen LogP contribution in [0.5, 0.6) is 0 Å². The first-order valence-electron chi connectivity index (χ1n) is 8.13. The van der Waals surface area contributed by atoms with Gasteiger partial charge in [0.15, 0.2) is 0 Å². The highest BCUT2D eigenvalue weighted by Crippen LogP contribution is 2.32. The molecule has 1 heterocycles. The Kier molecular flexibility index (Phi) is 5.27. The van der Waals surface area contributed by atoms with Crippen LogP contribution in [0.1, 0.15) is 53.4 Å². The van der Waals surface area contributed by atoms with Crippen molar-refractivity contribution in [3.05, 3.63) is 0 Å². The number of hydrogen-bond donors (Lipinski definition) is 1. The second-order valence-electron chi connectivity index (χ2n) is 7.08. The van der Waals surface area contributed by atoms with Gasteiger partial charge in [-0.05, 0) is 31.1 Å². The van der Waals surface area contributed by atoms with Gasteiger partial charge in [-0.3, -0.25) is 4.90 Å². The number of nitrogens with zero attached hydrogens (tertiary/aromatic N) is 1. The molecule has 112 valence electrons. The van der Waals surface area contributed by atoms with E-state index in [-0.39, 0.29) is 0 Å². The zero-order valence-electron chi connectivity index (χ0n) is 13.2. The molecule has 19 heavy (non-hydrogen) atoms. The molecular weight excluding hydrogens is 236 g/mol. The van der Waals surface area contributed by atoms with Gasteiger partial charge in [-0.1, -0.05) is 27.7 Å². The molecule has 3 nitrogen and oxygen atoms in total. The maximum absolute atomic E-state index is 5.92. The molecule has 0 spiro atoms. The van der Waals surface area contributed by atoms with E-state index in [1.807, 2.05) is 0 Å². The fourth-order valence-electron chi connectivity index (χ4n) is 3.44. The lowest BCUT2D eigenvalue weighted by molar-refractivity contribution is -0.0676. The van der Waals surface area contributed by atoms with Gasteiger partial charge in [0.2, 0.25) is 0 Å². The lowest BCUT2D eigenvalue weighted by Crippen LogP contribution is -2.53. The molecule has 1 aliphatic carbocycles. The Hall–Kier alpha value is -0.120. The first kappa shape index (κ1) is 15.3. The quantitative estimate of drug-likeness (QED) is 0.801. The Morgan fingerprint density at radius 1 is 1.37 bits per heavy atom. The summed E-state index contributed by atoms with van der Waals surface area (Å²) in [7, 11) is 0. The normalized spacial score (nSPS) is 31.4. The third kappa shape index (κ3) is 3.93. The van der Waals surface area contributed by atoms with Crippen LogP contribution >= 0.6 is 0 Å². The molecule has 1 saturated heterocycles. The summed E-state index contributed by atoms with van der Waals surface area (Å²) in [4.78, 5) is 2.71. The van der Waals surface area contributed by atoms with Gasteiger partial charge in [0.05, 0.1) is 12.7 Å². The van der Waals surface area contributed by atoms with Crippen LogP contribution in [-0.2, 0) is 4.74 Å². The van der Waals surface area contributed by atoms with E-state index in [2.05, 4.69) is 37.9 Å². The van der Waals surface area contributed by atoms with Crippen LogP contribution in [0.25, 0.3) is 0 Å². The first-order chi connectivity index (χ1) is 9.04. The molecule has 2 aliphatic rings. The zero-order valence-corrected chi connectivity index (χ0v) is 13.2. The number of morpholine rings is 1. The number of ether oxygens (including phenoxy) is 1. The van der Waals surface area contributed by atoms with Gasteiger partial charge in [-0.15, -0.1) is 0 Å². The fourth-order valence-corrected chi connectivity index (χ4v) is 3.44. The summed E-state index contributed by atoms with van der Waals surface area (Å²) in [6, 6.07) is 1.27. The van der Waals surface area contributed by atoms with Crippen molar-refractivity contribution in [2.45, 2.75) is 71.6 Å². The molecule has 2 fully saturated rings. The van der Waals surface area contributed by atoms with Crippen LogP contribution in [-0.4, -0.2) is 49.3 Å². The zero-order chi connectivity index (χ0) is 13.9. The first-order valence-corrected chi connectivity index (χ1v) is 8.13. The van der Waals surface area contributed by atoms with E-state index in [4.69, 9.17) is 4.74 Å². The van der Waals surface area contributed by atoms with Crippen molar-refractivity contribution in [3.63, 3.8) is 0 Å². The van der Waals surface area contributed by atoms with Crippen molar-refractivity contribution in [3.8, 4) is 0 Å². The molecule has 0 amide bonds. The molecule has 1 N–H and O–H groups in total. The van der Waals surface area contributed by atoms with Gasteiger partial charge in [0.1, 0.15) is 0 Å². The predicted octanol–water partition coefficient (Wildman–Crippen LogP) is 2.65. The van der Waals surface area contributed by atoms with E-state index in [1.54, 1.807) is 0 Å². The average molecular weight is 268 g/mol. The second-order valence-corrected chi connectivity index (χ2v) is 7.08. The average Bonchev–Trinajstić information content (AvgIpc) is 2.86. The molecule has 3 atom stereocenters. The Labute approximate surface area is 119 Å². The molecule has 0 bridgehead atoms. The van der Waals surface area contributed by atoms with Crippen molar-refractivity contribution < 1.29 is 4.74 Å². The molecule has 1 aliphatic heterocycles. The molecule has 1 saturated carbocycles. The van der Waals surface area contributed by atoms with Crippen molar-refractivity contribution in [1.82, 2.24) is 10.2 Å². The smallest absolute Gasteiger partial charge is 0.0730 e. The number of nitrogens with one attached hydrogen (secondary N) is 1. The summed E-state index contributed by atoms with van der Waals surface area (Å²) in [6.07, 6.45) is 5.71. The van der Waals surface area contributed by atoms with Gasteiger partial charge >= 0.3 is 0 Å². The third-order valence-electron chi connectivity index (χ3n) is 4.97. The van der Waals surface area contributed by atoms with Crippen molar-refractivity contribution in [2.24, 2.45) is 5.41 Å². The van der Waals surface area contributed by atoms with Gasteiger partial charge in [-0.2, -0.15) is 0 Å². The summed E-state index contributed by atoms with van der Waals surface area (Å²) in [6.45, 7) is 13.6. The molecule has 2 rings (SSSR count). The minimum Gasteiger partial charge on any atom is -0.375 e. The van der Waals surface area contributed by atoms with Gasteiger partial charge < -0.3 is 10.1 Å². The van der Waals surface area contributed by atoms with Crippen LogP contribution in [0.3, 0.4) is 0 Å². The topological polar surface area (TPSA) is 24.5 Å². The third-order valence-corrected chi connectivity index (χ3v) is 4.97. The molecule has 0 aromatic heterocycles. The second kappa shape index (κ2) is 6.55. The van der Waals surface area contributed by atoms with Crippen molar-refractivity contribution in [2.75, 3.05) is 26.2 Å². The van der Waals surface area contributed by atoms with E-state index >= 15 is 0 Å². The van der Waals surface area contributed by atoms with Crippen LogP contribution in [0.2, 0.25) is 0 Å².